The maximum atomic E-state index is 10.4. The highest BCUT2D eigenvalue weighted by molar-refractivity contribution is 5.66. The summed E-state index contributed by atoms with van der Waals surface area (Å²) in [6, 6.07) is 0. The number of epoxide rings is 1. The van der Waals surface area contributed by atoms with Crippen molar-refractivity contribution >= 4 is 5.97 Å². The molecular weight excluding hydrogens is 336 g/mol. The Hall–Kier alpha value is -0.570. The Morgan fingerprint density at radius 2 is 0.889 bits per heavy atom. The van der Waals surface area contributed by atoms with Crippen LogP contribution in [0.25, 0.3) is 0 Å². The molecule has 160 valence electrons. The molecule has 1 aliphatic rings. The molecule has 1 rings (SSSR count). The summed E-state index contributed by atoms with van der Waals surface area (Å²) in [6.45, 7) is 1.03. The topological polar surface area (TPSA) is 49.8 Å². The summed E-state index contributed by atoms with van der Waals surface area (Å²) in [6.07, 6.45) is 27.9. The molecule has 3 heteroatoms. The van der Waals surface area contributed by atoms with Gasteiger partial charge in [0, 0.05) is 6.42 Å². The van der Waals surface area contributed by atoms with Gasteiger partial charge in [0.05, 0.1) is 12.7 Å². The average molecular weight is 383 g/mol. The monoisotopic (exact) mass is 382 g/mol. The maximum absolute atomic E-state index is 10.4. The number of carbonyl (C=O) groups is 1. The molecule has 0 aromatic heterocycles. The third-order valence-electron chi connectivity index (χ3n) is 5.82. The van der Waals surface area contributed by atoms with Crippen LogP contribution in [0, 0.1) is 0 Å². The number of aliphatic carboxylic acids is 1. The van der Waals surface area contributed by atoms with Gasteiger partial charge in [0.25, 0.3) is 0 Å². The minimum Gasteiger partial charge on any atom is -0.481 e. The van der Waals surface area contributed by atoms with Crippen LogP contribution >= 0.6 is 0 Å². The summed E-state index contributed by atoms with van der Waals surface area (Å²) >= 11 is 0. The SMILES string of the molecule is O=C(O)CCCCCCCCCCCCCCCCCCCCCC1CO1. The van der Waals surface area contributed by atoms with E-state index in [4.69, 9.17) is 9.84 Å². The normalized spacial score (nSPS) is 15.9. The fraction of sp³-hybridized carbons (Fsp3) is 0.958. The van der Waals surface area contributed by atoms with Crippen molar-refractivity contribution in [2.75, 3.05) is 6.61 Å². The van der Waals surface area contributed by atoms with Crippen molar-refractivity contribution in [1.29, 1.82) is 0 Å². The molecule has 1 N–H and O–H groups in total. The lowest BCUT2D eigenvalue weighted by atomic mass is 10.0. The number of carboxylic acid groups (broad SMARTS) is 1. The van der Waals surface area contributed by atoms with Crippen molar-refractivity contribution in [1.82, 2.24) is 0 Å². The molecule has 0 aromatic rings. The van der Waals surface area contributed by atoms with Crippen molar-refractivity contribution in [3.05, 3.63) is 0 Å². The van der Waals surface area contributed by atoms with Crippen LogP contribution in [0.4, 0.5) is 0 Å². The molecule has 0 aliphatic carbocycles. The first-order chi connectivity index (χ1) is 13.3. The molecule has 1 heterocycles. The van der Waals surface area contributed by atoms with Crippen molar-refractivity contribution in [3.8, 4) is 0 Å². The molecule has 1 atom stereocenters. The predicted molar refractivity (Wildman–Crippen MR) is 114 cm³/mol. The van der Waals surface area contributed by atoms with Crippen LogP contribution in [0.3, 0.4) is 0 Å². The third kappa shape index (κ3) is 20.0. The molecule has 0 aromatic carbocycles. The van der Waals surface area contributed by atoms with Gasteiger partial charge in [-0.15, -0.1) is 0 Å². The first-order valence-electron chi connectivity index (χ1n) is 12.1. The van der Waals surface area contributed by atoms with Gasteiger partial charge in [-0.1, -0.05) is 116 Å². The largest absolute Gasteiger partial charge is 0.481 e. The lowest BCUT2D eigenvalue weighted by molar-refractivity contribution is -0.137. The molecule has 0 amide bonds. The van der Waals surface area contributed by atoms with E-state index in [1.807, 2.05) is 0 Å². The molecule has 1 saturated heterocycles. The molecular formula is C24H46O3. The molecule has 27 heavy (non-hydrogen) atoms. The Labute approximate surface area is 168 Å². The van der Waals surface area contributed by atoms with Crippen LogP contribution < -0.4 is 0 Å². The van der Waals surface area contributed by atoms with E-state index in [0.717, 1.165) is 19.4 Å². The van der Waals surface area contributed by atoms with Gasteiger partial charge in [0.15, 0.2) is 0 Å². The maximum Gasteiger partial charge on any atom is 0.303 e. The highest BCUT2D eigenvalue weighted by atomic mass is 16.6. The van der Waals surface area contributed by atoms with Crippen LogP contribution in [-0.4, -0.2) is 23.8 Å². The predicted octanol–water partition coefficient (Wildman–Crippen LogP) is 7.66. The molecule has 0 spiro atoms. The average Bonchev–Trinajstić information content (AvgIpc) is 3.47. The van der Waals surface area contributed by atoms with Crippen LogP contribution in [0.2, 0.25) is 0 Å². The Morgan fingerprint density at radius 1 is 0.593 bits per heavy atom. The Kier molecular flexibility index (Phi) is 17.0. The zero-order valence-electron chi connectivity index (χ0n) is 17.9. The second-order valence-corrected chi connectivity index (χ2v) is 8.61. The molecule has 1 aliphatic heterocycles. The van der Waals surface area contributed by atoms with E-state index in [1.165, 1.54) is 116 Å². The summed E-state index contributed by atoms with van der Waals surface area (Å²) in [5.41, 5.74) is 0. The summed E-state index contributed by atoms with van der Waals surface area (Å²) in [4.78, 5) is 10.4. The molecule has 3 nitrogen and oxygen atoms in total. The van der Waals surface area contributed by atoms with Crippen LogP contribution in [0.15, 0.2) is 0 Å². The standard InChI is InChI=1S/C24H46O3/c25-24(26)21-19-17-15-13-11-9-7-5-3-1-2-4-6-8-10-12-14-16-18-20-23-22-27-23/h23H,1-22H2,(H,25,26). The fourth-order valence-electron chi connectivity index (χ4n) is 3.89. The van der Waals surface area contributed by atoms with E-state index >= 15 is 0 Å². The van der Waals surface area contributed by atoms with E-state index in [2.05, 4.69) is 0 Å². The van der Waals surface area contributed by atoms with E-state index in [1.54, 1.807) is 0 Å². The van der Waals surface area contributed by atoms with Crippen molar-refractivity contribution in [2.24, 2.45) is 0 Å². The highest BCUT2D eigenvalue weighted by Crippen LogP contribution is 2.18. The number of unbranched alkanes of at least 4 members (excludes halogenated alkanes) is 18. The van der Waals surface area contributed by atoms with Gasteiger partial charge in [-0.2, -0.15) is 0 Å². The van der Waals surface area contributed by atoms with Crippen molar-refractivity contribution in [2.45, 2.75) is 141 Å². The molecule has 0 saturated carbocycles. The van der Waals surface area contributed by atoms with Gasteiger partial charge in [0.1, 0.15) is 0 Å². The molecule has 1 fully saturated rings. The van der Waals surface area contributed by atoms with E-state index < -0.39 is 5.97 Å². The zero-order valence-corrected chi connectivity index (χ0v) is 17.9. The van der Waals surface area contributed by atoms with Crippen molar-refractivity contribution < 1.29 is 14.6 Å². The first kappa shape index (κ1) is 24.5. The lowest BCUT2D eigenvalue weighted by Crippen LogP contribution is -1.93. The van der Waals surface area contributed by atoms with Gasteiger partial charge in [-0.3, -0.25) is 4.79 Å². The quantitative estimate of drug-likeness (QED) is 0.154. The smallest absolute Gasteiger partial charge is 0.303 e. The van der Waals surface area contributed by atoms with E-state index in [-0.39, 0.29) is 0 Å². The Balaban J connectivity index is 1.60. The second kappa shape index (κ2) is 18.8. The number of hydrogen-bond acceptors (Lipinski definition) is 2. The third-order valence-corrected chi connectivity index (χ3v) is 5.82. The highest BCUT2D eigenvalue weighted by Gasteiger charge is 2.20. The molecule has 0 radical (unpaired) electrons. The van der Waals surface area contributed by atoms with Crippen LogP contribution in [0.5, 0.6) is 0 Å². The van der Waals surface area contributed by atoms with Crippen LogP contribution in [-0.2, 0) is 9.53 Å². The van der Waals surface area contributed by atoms with E-state index in [0.29, 0.717) is 12.5 Å². The number of rotatable bonds is 22. The second-order valence-electron chi connectivity index (χ2n) is 8.61. The fourth-order valence-corrected chi connectivity index (χ4v) is 3.89. The number of carboxylic acids is 1. The lowest BCUT2D eigenvalue weighted by Gasteiger charge is -2.04. The Morgan fingerprint density at radius 3 is 1.19 bits per heavy atom. The first-order valence-corrected chi connectivity index (χ1v) is 12.1. The van der Waals surface area contributed by atoms with Gasteiger partial charge in [0.2, 0.25) is 0 Å². The van der Waals surface area contributed by atoms with E-state index in [9.17, 15) is 4.79 Å². The molecule has 1 unspecified atom stereocenters. The zero-order chi connectivity index (χ0) is 19.4. The van der Waals surface area contributed by atoms with Crippen LogP contribution in [0.1, 0.15) is 135 Å². The minimum absolute atomic E-state index is 0.344. The van der Waals surface area contributed by atoms with Crippen molar-refractivity contribution in [3.63, 3.8) is 0 Å². The molecule has 0 bridgehead atoms. The van der Waals surface area contributed by atoms with Gasteiger partial charge in [-0.05, 0) is 12.8 Å². The summed E-state index contributed by atoms with van der Waals surface area (Å²) in [5, 5.41) is 8.58. The number of ether oxygens (including phenoxy) is 1. The summed E-state index contributed by atoms with van der Waals surface area (Å²) in [7, 11) is 0. The summed E-state index contributed by atoms with van der Waals surface area (Å²) < 4.78 is 5.24. The minimum atomic E-state index is -0.652. The van der Waals surface area contributed by atoms with Gasteiger partial charge in [-0.25, -0.2) is 0 Å². The Bertz CT molecular complexity index is 326. The number of hydrogen-bond donors (Lipinski definition) is 1. The van der Waals surface area contributed by atoms with Gasteiger partial charge < -0.3 is 9.84 Å². The van der Waals surface area contributed by atoms with Gasteiger partial charge >= 0.3 is 5.97 Å². The summed E-state index contributed by atoms with van der Waals surface area (Å²) in [5.74, 6) is -0.652.